The molecule has 1 amide bonds. The van der Waals surface area contributed by atoms with Crippen molar-refractivity contribution in [2.45, 2.75) is 9.29 Å². The molecule has 20 heavy (non-hydrogen) atoms. The van der Waals surface area contributed by atoms with Crippen molar-refractivity contribution in [2.24, 2.45) is 0 Å². The lowest BCUT2D eigenvalue weighted by molar-refractivity contribution is -0.384. The van der Waals surface area contributed by atoms with Gasteiger partial charge in [-0.25, -0.2) is 0 Å². The predicted molar refractivity (Wildman–Crippen MR) is 80.2 cm³/mol. The molecule has 0 aliphatic rings. The predicted octanol–water partition coefficient (Wildman–Crippen LogP) is 3.66. The van der Waals surface area contributed by atoms with Crippen molar-refractivity contribution in [1.29, 1.82) is 0 Å². The molecule has 1 aromatic rings. The first-order valence-electron chi connectivity index (χ1n) is 5.14. The molecule has 1 rings (SSSR count). The molecule has 0 aromatic heterocycles. The number of hydrogen-bond donors (Lipinski definition) is 1. The van der Waals surface area contributed by atoms with Gasteiger partial charge in [-0.2, -0.15) is 0 Å². The molecule has 0 spiro atoms. The summed E-state index contributed by atoms with van der Waals surface area (Å²) < 4.78 is -1.82. The van der Waals surface area contributed by atoms with Gasteiger partial charge in [0.2, 0.25) is 9.70 Å². The molecule has 0 bridgehead atoms. The number of carbonyl (C=O) groups is 1. The number of alkyl halides is 4. The van der Waals surface area contributed by atoms with Crippen LogP contribution >= 0.6 is 46.4 Å². The van der Waals surface area contributed by atoms with E-state index in [1.807, 2.05) is 0 Å². The Morgan fingerprint density at radius 2 is 1.85 bits per heavy atom. The van der Waals surface area contributed by atoms with Gasteiger partial charge in [-0.3, -0.25) is 14.9 Å². The van der Waals surface area contributed by atoms with Crippen molar-refractivity contribution >= 4 is 64.1 Å². The highest BCUT2D eigenvalue weighted by atomic mass is 35.6. The molecule has 0 saturated heterocycles. The van der Waals surface area contributed by atoms with E-state index >= 15 is 0 Å². The Morgan fingerprint density at radius 3 is 2.30 bits per heavy atom. The summed E-state index contributed by atoms with van der Waals surface area (Å²) in [6.07, 6.45) is 2.62. The maximum absolute atomic E-state index is 11.5. The molecular weight excluding hydrogens is 350 g/mol. The number of carbonyl (C=O) groups excluding carboxylic acids is 1. The SMILES string of the molecule is O=C(/C=C/c1ccc([N+](=O)[O-])cc1)NC(Cl)C(Cl)(Cl)Cl. The van der Waals surface area contributed by atoms with E-state index in [-0.39, 0.29) is 5.69 Å². The molecule has 108 valence electrons. The molecule has 0 aliphatic carbocycles. The molecule has 1 unspecified atom stereocenters. The second-order valence-electron chi connectivity index (χ2n) is 3.59. The Bertz CT molecular complexity index is 525. The third-order valence-electron chi connectivity index (χ3n) is 2.09. The Morgan fingerprint density at radius 1 is 1.30 bits per heavy atom. The molecule has 0 aliphatic heterocycles. The quantitative estimate of drug-likeness (QED) is 0.294. The number of rotatable bonds is 4. The fraction of sp³-hybridized carbons (Fsp3) is 0.182. The summed E-state index contributed by atoms with van der Waals surface area (Å²) in [5.74, 6) is -0.560. The summed E-state index contributed by atoms with van der Waals surface area (Å²) in [6, 6.07) is 5.64. The highest BCUT2D eigenvalue weighted by molar-refractivity contribution is 6.70. The highest BCUT2D eigenvalue weighted by Gasteiger charge is 2.31. The van der Waals surface area contributed by atoms with Crippen molar-refractivity contribution < 1.29 is 9.72 Å². The topological polar surface area (TPSA) is 72.2 Å². The number of hydrogen-bond acceptors (Lipinski definition) is 3. The minimum Gasteiger partial charge on any atom is -0.333 e. The van der Waals surface area contributed by atoms with Crippen LogP contribution in [0.2, 0.25) is 0 Å². The maximum Gasteiger partial charge on any atom is 0.269 e. The number of halogens is 4. The van der Waals surface area contributed by atoms with Crippen LogP contribution < -0.4 is 5.32 Å². The van der Waals surface area contributed by atoms with Gasteiger partial charge in [0.25, 0.3) is 5.69 Å². The van der Waals surface area contributed by atoms with Gasteiger partial charge in [-0.05, 0) is 23.8 Å². The van der Waals surface area contributed by atoms with Crippen molar-refractivity contribution in [1.82, 2.24) is 5.32 Å². The van der Waals surface area contributed by atoms with Crippen molar-refractivity contribution in [3.05, 3.63) is 46.0 Å². The number of nitro benzene ring substituents is 1. The molecule has 5 nitrogen and oxygen atoms in total. The Hall–Kier alpha value is -1.01. The Kier molecular flexibility index (Phi) is 6.07. The third kappa shape index (κ3) is 5.54. The van der Waals surface area contributed by atoms with Gasteiger partial charge in [0.15, 0.2) is 5.50 Å². The van der Waals surface area contributed by atoms with Gasteiger partial charge in [0.1, 0.15) is 0 Å². The lowest BCUT2D eigenvalue weighted by Crippen LogP contribution is -2.38. The molecule has 1 atom stereocenters. The van der Waals surface area contributed by atoms with Crippen LogP contribution in [0.15, 0.2) is 30.3 Å². The number of amides is 1. The van der Waals surface area contributed by atoms with E-state index in [2.05, 4.69) is 5.32 Å². The molecule has 0 saturated carbocycles. The summed E-state index contributed by atoms with van der Waals surface area (Å²) in [5.41, 5.74) is -0.615. The van der Waals surface area contributed by atoms with Crippen LogP contribution in [0.5, 0.6) is 0 Å². The number of nitro groups is 1. The highest BCUT2D eigenvalue weighted by Crippen LogP contribution is 2.32. The molecule has 1 N–H and O–H groups in total. The minimum absolute atomic E-state index is 0.0383. The lowest BCUT2D eigenvalue weighted by Gasteiger charge is -2.18. The van der Waals surface area contributed by atoms with E-state index in [1.54, 1.807) is 0 Å². The number of non-ortho nitro benzene ring substituents is 1. The van der Waals surface area contributed by atoms with Gasteiger partial charge < -0.3 is 5.32 Å². The van der Waals surface area contributed by atoms with Gasteiger partial charge >= 0.3 is 0 Å². The van der Waals surface area contributed by atoms with Gasteiger partial charge in [0.05, 0.1) is 4.92 Å². The number of benzene rings is 1. The Balaban J connectivity index is 2.64. The van der Waals surface area contributed by atoms with Crippen molar-refractivity contribution in [3.63, 3.8) is 0 Å². The molecule has 1 aromatic carbocycles. The zero-order chi connectivity index (χ0) is 15.3. The summed E-state index contributed by atoms with van der Waals surface area (Å²) >= 11 is 22.1. The van der Waals surface area contributed by atoms with Crippen molar-refractivity contribution in [2.75, 3.05) is 0 Å². The number of nitrogens with zero attached hydrogens (tertiary/aromatic N) is 1. The van der Waals surface area contributed by atoms with Crippen molar-refractivity contribution in [3.8, 4) is 0 Å². The average molecular weight is 358 g/mol. The smallest absolute Gasteiger partial charge is 0.269 e. The molecule has 0 fully saturated rings. The first-order valence-corrected chi connectivity index (χ1v) is 6.71. The fourth-order valence-electron chi connectivity index (χ4n) is 1.13. The second-order valence-corrected chi connectivity index (χ2v) is 6.40. The Labute approximate surface area is 134 Å². The van der Waals surface area contributed by atoms with Crippen LogP contribution in [0, 0.1) is 10.1 Å². The zero-order valence-corrected chi connectivity index (χ0v) is 12.7. The monoisotopic (exact) mass is 356 g/mol. The first-order chi connectivity index (χ1) is 9.20. The largest absolute Gasteiger partial charge is 0.333 e. The van der Waals surface area contributed by atoms with Crippen LogP contribution in [0.4, 0.5) is 5.69 Å². The van der Waals surface area contributed by atoms with Crippen LogP contribution in [0.3, 0.4) is 0 Å². The first kappa shape index (κ1) is 17.0. The molecule has 0 radical (unpaired) electrons. The van der Waals surface area contributed by atoms with Crippen LogP contribution in [-0.4, -0.2) is 20.1 Å². The van der Waals surface area contributed by atoms with E-state index in [0.29, 0.717) is 5.56 Å². The standard InChI is InChI=1S/C11H8Cl4N2O3/c12-10(11(13,14)15)16-9(18)6-3-7-1-4-8(5-2-7)17(19)20/h1-6,10H,(H,16,18)/b6-3+. The summed E-state index contributed by atoms with van der Waals surface area (Å²) in [6.45, 7) is 0. The van der Waals surface area contributed by atoms with E-state index in [0.717, 1.165) is 0 Å². The van der Waals surface area contributed by atoms with Gasteiger partial charge in [0, 0.05) is 18.2 Å². The van der Waals surface area contributed by atoms with Gasteiger partial charge in [-0.1, -0.05) is 46.4 Å². The second kappa shape index (κ2) is 7.13. The molecule has 9 heteroatoms. The summed E-state index contributed by atoms with van der Waals surface area (Å²) in [7, 11) is 0. The van der Waals surface area contributed by atoms with E-state index in [4.69, 9.17) is 46.4 Å². The fourth-order valence-corrected chi connectivity index (χ4v) is 1.41. The zero-order valence-electron chi connectivity index (χ0n) is 9.73. The molecular formula is C11H8Cl4N2O3. The maximum atomic E-state index is 11.5. The van der Waals surface area contributed by atoms with E-state index < -0.39 is 20.1 Å². The minimum atomic E-state index is -1.82. The normalized spacial score (nSPS) is 13.2. The van der Waals surface area contributed by atoms with Crippen LogP contribution in [0.1, 0.15) is 5.56 Å². The summed E-state index contributed by atoms with van der Waals surface area (Å²) in [5, 5.41) is 12.7. The summed E-state index contributed by atoms with van der Waals surface area (Å²) in [4.78, 5) is 21.4. The van der Waals surface area contributed by atoms with Crippen LogP contribution in [0.25, 0.3) is 6.08 Å². The number of nitrogens with one attached hydrogen (secondary N) is 1. The van der Waals surface area contributed by atoms with E-state index in [1.165, 1.54) is 36.4 Å². The molecule has 0 heterocycles. The van der Waals surface area contributed by atoms with E-state index in [9.17, 15) is 14.9 Å². The third-order valence-corrected chi connectivity index (χ3v) is 3.51. The van der Waals surface area contributed by atoms with Crippen LogP contribution in [-0.2, 0) is 4.79 Å². The lowest BCUT2D eigenvalue weighted by atomic mass is 10.2. The van der Waals surface area contributed by atoms with Gasteiger partial charge in [-0.15, -0.1) is 0 Å². The average Bonchev–Trinajstić information content (AvgIpc) is 2.35.